The molecule has 3 N–H and O–H groups in total. The Morgan fingerprint density at radius 1 is 1.17 bits per heavy atom. The van der Waals surface area contributed by atoms with E-state index in [0.29, 0.717) is 6.07 Å². The Morgan fingerprint density at radius 2 is 1.97 bits per heavy atom. The van der Waals surface area contributed by atoms with Crippen LogP contribution in [0.3, 0.4) is 0 Å². The third-order valence-corrected chi connectivity index (χ3v) is 5.59. The van der Waals surface area contributed by atoms with Crippen LogP contribution in [0.15, 0.2) is 30.9 Å². The number of carbonyl (C=O) groups is 1. The number of pyridine rings is 1. The maximum Gasteiger partial charge on any atom is 0.433 e. The Morgan fingerprint density at radius 3 is 2.73 bits per heavy atom. The average Bonchev–Trinajstić information content (AvgIpc) is 3.09. The van der Waals surface area contributed by atoms with Gasteiger partial charge in [0.25, 0.3) is 0 Å². The van der Waals surface area contributed by atoms with Gasteiger partial charge in [-0.2, -0.15) is 18.3 Å². The van der Waals surface area contributed by atoms with Crippen molar-refractivity contribution in [3.63, 3.8) is 0 Å². The van der Waals surface area contributed by atoms with Crippen LogP contribution in [-0.4, -0.2) is 50.3 Å². The molecule has 2 aliphatic rings. The normalized spacial score (nSPS) is 18.2. The van der Waals surface area contributed by atoms with Crippen LogP contribution < -0.4 is 15.5 Å². The highest BCUT2D eigenvalue weighted by Crippen LogP contribution is 2.49. The van der Waals surface area contributed by atoms with Crippen molar-refractivity contribution in [2.24, 2.45) is 5.41 Å². The summed E-state index contributed by atoms with van der Waals surface area (Å²) in [5, 5.41) is 12.9. The minimum absolute atomic E-state index is 0.0226. The smallest absolute Gasteiger partial charge is 0.369 e. The zero-order valence-electron chi connectivity index (χ0n) is 15.6. The van der Waals surface area contributed by atoms with E-state index in [1.165, 1.54) is 0 Å². The topological polar surface area (TPSA) is 112 Å². The third-order valence-electron chi connectivity index (χ3n) is 5.59. The highest BCUT2D eigenvalue weighted by Gasteiger charge is 2.52. The van der Waals surface area contributed by atoms with Gasteiger partial charge in [0, 0.05) is 36.0 Å². The molecule has 3 aromatic heterocycles. The first kappa shape index (κ1) is 18.6. The number of aromatic amines is 1. The van der Waals surface area contributed by atoms with E-state index in [9.17, 15) is 18.0 Å². The Hall–Kier alpha value is -3.44. The fourth-order valence-corrected chi connectivity index (χ4v) is 4.21. The summed E-state index contributed by atoms with van der Waals surface area (Å²) in [6.45, 7) is 1.75. The third kappa shape index (κ3) is 3.37. The van der Waals surface area contributed by atoms with E-state index >= 15 is 0 Å². The number of alkyl halides is 3. The molecule has 9 nitrogen and oxygen atoms in total. The largest absolute Gasteiger partial charge is 0.433 e. The Labute approximate surface area is 168 Å². The van der Waals surface area contributed by atoms with E-state index in [2.05, 4.69) is 40.7 Å². The summed E-state index contributed by atoms with van der Waals surface area (Å²) in [7, 11) is 0. The maximum atomic E-state index is 12.7. The molecule has 3 aromatic rings. The fourth-order valence-electron chi connectivity index (χ4n) is 4.21. The lowest BCUT2D eigenvalue weighted by atomic mass is 9.60. The molecule has 0 atom stereocenters. The number of halogens is 3. The second kappa shape index (κ2) is 6.54. The summed E-state index contributed by atoms with van der Waals surface area (Å²) >= 11 is 0. The molecule has 2 amide bonds. The monoisotopic (exact) mass is 418 g/mol. The molecule has 4 heterocycles. The number of urea groups is 1. The molecular formula is C18H17F3N8O. The molecule has 2 fully saturated rings. The van der Waals surface area contributed by atoms with Gasteiger partial charge in [-0.15, -0.1) is 0 Å². The van der Waals surface area contributed by atoms with E-state index in [4.69, 9.17) is 0 Å². The van der Waals surface area contributed by atoms with Crippen LogP contribution in [0.25, 0.3) is 11.0 Å². The van der Waals surface area contributed by atoms with Crippen LogP contribution in [-0.2, 0) is 6.18 Å². The molecule has 1 saturated carbocycles. The van der Waals surface area contributed by atoms with Crippen LogP contribution in [0, 0.1) is 5.41 Å². The highest BCUT2D eigenvalue weighted by atomic mass is 19.4. The van der Waals surface area contributed by atoms with Gasteiger partial charge in [-0.25, -0.2) is 19.7 Å². The number of nitrogens with zero attached hydrogens (tertiary/aromatic N) is 5. The predicted octanol–water partition coefficient (Wildman–Crippen LogP) is 2.56. The lowest BCUT2D eigenvalue weighted by Gasteiger charge is -2.59. The molecule has 1 aliphatic carbocycles. The Balaban J connectivity index is 1.11. The number of aromatic nitrogens is 5. The molecular weight excluding hydrogens is 401 g/mol. The Kier molecular flexibility index (Phi) is 4.05. The van der Waals surface area contributed by atoms with Gasteiger partial charge in [0.2, 0.25) is 0 Å². The number of rotatable bonds is 3. The van der Waals surface area contributed by atoms with Crippen molar-refractivity contribution >= 4 is 28.6 Å². The van der Waals surface area contributed by atoms with E-state index < -0.39 is 17.9 Å². The van der Waals surface area contributed by atoms with E-state index in [-0.39, 0.29) is 17.3 Å². The SMILES string of the molecule is O=C(Nc1cc(C(F)(F)F)ncn1)NC1CC2(C1)CN(c1cnc3[nH]ncc3c1)C2. The highest BCUT2D eigenvalue weighted by molar-refractivity contribution is 5.88. The van der Waals surface area contributed by atoms with Gasteiger partial charge in [-0.05, 0) is 18.9 Å². The van der Waals surface area contributed by atoms with Crippen molar-refractivity contribution in [3.05, 3.63) is 36.5 Å². The van der Waals surface area contributed by atoms with Crippen LogP contribution in [0.2, 0.25) is 0 Å². The number of H-pyrrole nitrogens is 1. The first-order valence-corrected chi connectivity index (χ1v) is 9.31. The molecule has 0 unspecified atom stereocenters. The summed E-state index contributed by atoms with van der Waals surface area (Å²) in [6.07, 6.45) is 1.36. The van der Waals surface area contributed by atoms with Gasteiger partial charge >= 0.3 is 12.2 Å². The minimum atomic E-state index is -4.59. The van der Waals surface area contributed by atoms with Gasteiger partial charge in [-0.1, -0.05) is 0 Å². The second-order valence-corrected chi connectivity index (χ2v) is 7.85. The number of amides is 2. The van der Waals surface area contributed by atoms with Crippen molar-refractivity contribution in [1.82, 2.24) is 30.5 Å². The van der Waals surface area contributed by atoms with Gasteiger partial charge < -0.3 is 10.2 Å². The standard InChI is InChI=1S/C18H17F3N8O/c19-18(20,21)13-2-14(24-9-23-13)27-16(30)26-11-3-17(4-11)7-29(8-17)12-1-10-5-25-28-15(10)22-6-12/h1-2,5-6,9,11H,3-4,7-8H2,(H,22,25,28)(H2,23,24,26,27,30). The summed E-state index contributed by atoms with van der Waals surface area (Å²) in [4.78, 5) is 25.5. The second-order valence-electron chi connectivity index (χ2n) is 7.85. The maximum absolute atomic E-state index is 12.7. The number of hydrogen-bond donors (Lipinski definition) is 3. The Bertz CT molecular complexity index is 1100. The summed E-state index contributed by atoms with van der Waals surface area (Å²) in [6, 6.07) is 2.14. The first-order chi connectivity index (χ1) is 14.3. The van der Waals surface area contributed by atoms with Crippen molar-refractivity contribution in [2.45, 2.75) is 25.1 Å². The summed E-state index contributed by atoms with van der Waals surface area (Å²) in [5.41, 5.74) is 0.835. The van der Waals surface area contributed by atoms with Crippen LogP contribution in [0.5, 0.6) is 0 Å². The molecule has 0 bridgehead atoms. The van der Waals surface area contributed by atoms with Gasteiger partial charge in [0.1, 0.15) is 17.8 Å². The lowest BCUT2D eigenvalue weighted by Crippen LogP contribution is -2.67. The van der Waals surface area contributed by atoms with Crippen molar-refractivity contribution in [1.29, 1.82) is 0 Å². The average molecular weight is 418 g/mol. The molecule has 1 spiro atoms. The predicted molar refractivity (Wildman–Crippen MR) is 101 cm³/mol. The first-order valence-electron chi connectivity index (χ1n) is 9.31. The number of hydrogen-bond acceptors (Lipinski definition) is 6. The van der Waals surface area contributed by atoms with E-state index in [1.807, 2.05) is 12.3 Å². The molecule has 1 saturated heterocycles. The van der Waals surface area contributed by atoms with Crippen molar-refractivity contribution in [3.8, 4) is 0 Å². The molecule has 5 rings (SSSR count). The summed E-state index contributed by atoms with van der Waals surface area (Å²) in [5.74, 6) is -0.194. The number of anilines is 2. The molecule has 1 aliphatic heterocycles. The van der Waals surface area contributed by atoms with E-state index in [1.54, 1.807) is 6.20 Å². The number of nitrogens with one attached hydrogen (secondary N) is 3. The lowest BCUT2D eigenvalue weighted by molar-refractivity contribution is -0.141. The molecule has 0 aromatic carbocycles. The molecule has 0 radical (unpaired) electrons. The van der Waals surface area contributed by atoms with Crippen LogP contribution in [0.4, 0.5) is 29.5 Å². The van der Waals surface area contributed by atoms with Gasteiger partial charge in [0.05, 0.1) is 18.1 Å². The van der Waals surface area contributed by atoms with Crippen molar-refractivity contribution < 1.29 is 18.0 Å². The number of carbonyl (C=O) groups excluding carboxylic acids is 1. The zero-order chi connectivity index (χ0) is 20.9. The van der Waals surface area contributed by atoms with Crippen molar-refractivity contribution in [2.75, 3.05) is 23.3 Å². The van der Waals surface area contributed by atoms with Crippen LogP contribution >= 0.6 is 0 Å². The van der Waals surface area contributed by atoms with Gasteiger partial charge in [0.15, 0.2) is 5.65 Å². The minimum Gasteiger partial charge on any atom is -0.369 e. The zero-order valence-corrected chi connectivity index (χ0v) is 15.6. The van der Waals surface area contributed by atoms with Crippen LogP contribution in [0.1, 0.15) is 18.5 Å². The summed E-state index contributed by atoms with van der Waals surface area (Å²) < 4.78 is 38.1. The van der Waals surface area contributed by atoms with Gasteiger partial charge in [-0.3, -0.25) is 10.4 Å². The van der Waals surface area contributed by atoms with E-state index in [0.717, 1.165) is 49.0 Å². The fraction of sp³-hybridized carbons (Fsp3) is 0.389. The molecule has 12 heteroatoms. The molecule has 30 heavy (non-hydrogen) atoms. The number of fused-ring (bicyclic) bond motifs is 1. The molecule has 156 valence electrons. The quantitative estimate of drug-likeness (QED) is 0.603.